The van der Waals surface area contributed by atoms with Gasteiger partial charge in [-0.1, -0.05) is 48.5 Å². The highest BCUT2D eigenvalue weighted by atomic mass is 16.3. The number of hydrogen-bond acceptors (Lipinski definition) is 9. The van der Waals surface area contributed by atoms with Crippen molar-refractivity contribution in [1.82, 2.24) is 19.1 Å². The zero-order valence-corrected chi connectivity index (χ0v) is 39.1. The number of nitrogens with zero attached hydrogens (tertiary/aromatic N) is 9. The van der Waals surface area contributed by atoms with E-state index in [1.54, 1.807) is 36.4 Å². The number of benzene rings is 9. The van der Waals surface area contributed by atoms with Gasteiger partial charge >= 0.3 is 0 Å². The normalized spacial score (nSPS) is 11.9. The van der Waals surface area contributed by atoms with Gasteiger partial charge in [0.2, 0.25) is 5.95 Å². The molecule has 0 bridgehead atoms. The topological polar surface area (TPSA) is 168 Å². The average Bonchev–Trinajstić information content (AvgIpc) is 4.51. The molecule has 0 spiro atoms. The van der Waals surface area contributed by atoms with Gasteiger partial charge in [0.15, 0.2) is 33.7 Å². The number of hydrogen-bond donors (Lipinski definition) is 0. The minimum absolute atomic E-state index is 0.237. The van der Waals surface area contributed by atoms with Crippen LogP contribution in [0.1, 0.15) is 16.7 Å². The summed E-state index contributed by atoms with van der Waals surface area (Å²) >= 11 is 0. The van der Waals surface area contributed by atoms with Crippen molar-refractivity contribution in [2.45, 2.75) is 0 Å². The Morgan fingerprint density at radius 1 is 0.368 bits per heavy atom. The van der Waals surface area contributed by atoms with Crippen molar-refractivity contribution in [1.29, 1.82) is 15.8 Å². The summed E-state index contributed by atoms with van der Waals surface area (Å²) in [6, 6.07) is 53.8. The number of fused-ring (bicyclic) bond motifs is 22. The molecule has 0 fully saturated rings. The second-order valence-corrected chi connectivity index (χ2v) is 18.8. The maximum absolute atomic E-state index is 10.0. The lowest BCUT2D eigenvalue weighted by molar-refractivity contribution is 0.668. The largest absolute Gasteiger partial charge is 0.454 e. The Balaban J connectivity index is 1.12. The number of aromatic nitrogens is 4. The molecule has 0 saturated carbocycles. The van der Waals surface area contributed by atoms with Crippen LogP contribution >= 0.6 is 0 Å². The van der Waals surface area contributed by atoms with Crippen molar-refractivity contribution in [3.8, 4) is 41.2 Å². The molecule has 76 heavy (non-hydrogen) atoms. The lowest BCUT2D eigenvalue weighted by atomic mass is 10.1. The Kier molecular flexibility index (Phi) is 7.93. The maximum Gasteiger partial charge on any atom is 0.237 e. The lowest BCUT2D eigenvalue weighted by Crippen LogP contribution is -2.08. The monoisotopic (exact) mass is 971 g/mol. The van der Waals surface area contributed by atoms with E-state index in [2.05, 4.69) is 44.6 Å². The summed E-state index contributed by atoms with van der Waals surface area (Å²) in [7, 11) is 0. The Bertz CT molecular complexity index is 5000. The van der Waals surface area contributed by atoms with Crippen molar-refractivity contribution in [3.63, 3.8) is 0 Å². The number of furan rings is 4. The molecule has 0 aliphatic rings. The third-order valence-electron chi connectivity index (χ3n) is 14.9. The van der Waals surface area contributed by atoms with Crippen LogP contribution in [-0.4, -0.2) is 19.1 Å². The highest BCUT2D eigenvalue weighted by Gasteiger charge is 2.28. The van der Waals surface area contributed by atoms with Gasteiger partial charge in [-0.15, -0.1) is 0 Å². The average molecular weight is 972 g/mol. The quantitative estimate of drug-likeness (QED) is 0.156. The van der Waals surface area contributed by atoms with Gasteiger partial charge in [0.1, 0.15) is 39.2 Å². The summed E-state index contributed by atoms with van der Waals surface area (Å²) < 4.78 is 31.5. The summed E-state index contributed by atoms with van der Waals surface area (Å²) in [6.45, 7) is 15.7. The van der Waals surface area contributed by atoms with Crippen LogP contribution in [0.25, 0.3) is 164 Å². The van der Waals surface area contributed by atoms with E-state index in [4.69, 9.17) is 40.8 Å². The molecule has 9 aromatic carbocycles. The molecule has 0 aliphatic heterocycles. The van der Waals surface area contributed by atoms with Crippen LogP contribution in [0.5, 0.6) is 0 Å². The first-order chi connectivity index (χ1) is 37.4. The Morgan fingerprint density at radius 3 is 1.14 bits per heavy atom. The van der Waals surface area contributed by atoms with Gasteiger partial charge in [-0.25, -0.2) is 14.7 Å². The maximum atomic E-state index is 10.0. The Morgan fingerprint density at radius 2 is 0.737 bits per heavy atom. The predicted molar refractivity (Wildman–Crippen MR) is 292 cm³/mol. The van der Waals surface area contributed by atoms with E-state index in [0.717, 1.165) is 64.6 Å². The molecule has 13 heteroatoms. The molecule has 7 heterocycles. The zero-order chi connectivity index (χ0) is 50.7. The third-order valence-corrected chi connectivity index (χ3v) is 14.9. The Labute approximate surface area is 425 Å². The molecule has 0 atom stereocenters. The highest BCUT2D eigenvalue weighted by molar-refractivity contribution is 6.28. The van der Waals surface area contributed by atoms with Gasteiger partial charge in [0.25, 0.3) is 0 Å². The summed E-state index contributed by atoms with van der Waals surface area (Å²) in [6.07, 6.45) is 0. The van der Waals surface area contributed by atoms with Crippen molar-refractivity contribution < 1.29 is 17.7 Å². The standard InChI is InChI=1S/C63H25N9O4/c1-67-35-9-21-52-47(25-35)43-17-12-38-37-11-15-41-45-23-32(29-65)5-19-50(45)73-59(41)55(37)71(56(38)60(43)75-52)54-27-49(34-7-3-31(28-64)4-8-34)69-63(70-54)72-57-39(13-16-42-46-24-33(30-66)6-20-51(46)74-61(42)57)40-14-18-44-48-26-36(68-2)10-22-53(48)76-62(44)58(40)72/h3-27H. The number of nitriles is 3. The molecule has 0 radical (unpaired) electrons. The number of rotatable bonds is 3. The fraction of sp³-hybridized carbons (Fsp3) is 0. The lowest BCUT2D eigenvalue weighted by Gasteiger charge is -2.14. The van der Waals surface area contributed by atoms with Crippen LogP contribution in [-0.2, 0) is 0 Å². The SMILES string of the molecule is [C-]#[N+]c1ccc2oc3c(ccc4c5ccc6c7cc(C#N)ccc7oc6c5n(-c5cc(-c6ccc(C#N)cc6)nc(-n6c7c(ccc8c9cc(C#N)ccc9oc87)c7ccc8c9cc([N+]#[C-])ccc9oc8c76)n5)c43)c2c1. The first-order valence-electron chi connectivity index (χ1n) is 23.9. The summed E-state index contributed by atoms with van der Waals surface area (Å²) in [5.41, 5.74) is 10.8. The van der Waals surface area contributed by atoms with Gasteiger partial charge in [-0.2, -0.15) is 20.8 Å². The van der Waals surface area contributed by atoms with E-state index in [1.807, 2.05) is 108 Å². The molecule has 0 aliphatic carbocycles. The van der Waals surface area contributed by atoms with Gasteiger partial charge in [0.05, 0.1) is 64.8 Å². The van der Waals surface area contributed by atoms with E-state index in [9.17, 15) is 15.8 Å². The molecule has 7 aromatic heterocycles. The molecule has 0 N–H and O–H groups in total. The predicted octanol–water partition coefficient (Wildman–Crippen LogP) is 16.7. The fourth-order valence-electron chi connectivity index (χ4n) is 11.5. The van der Waals surface area contributed by atoms with Crippen LogP contribution in [0.15, 0.2) is 169 Å². The molecule has 13 nitrogen and oxygen atoms in total. The van der Waals surface area contributed by atoms with Crippen LogP contribution < -0.4 is 0 Å². The summed E-state index contributed by atoms with van der Waals surface area (Å²) in [5.74, 6) is 0.662. The van der Waals surface area contributed by atoms with Crippen LogP contribution in [0, 0.1) is 47.1 Å². The van der Waals surface area contributed by atoms with E-state index in [1.165, 1.54) is 0 Å². The fourth-order valence-corrected chi connectivity index (χ4v) is 11.5. The van der Waals surface area contributed by atoms with Gasteiger partial charge < -0.3 is 17.7 Å². The smallest absolute Gasteiger partial charge is 0.237 e. The molecular weight excluding hydrogens is 947 g/mol. The van der Waals surface area contributed by atoms with Crippen molar-refractivity contribution in [2.75, 3.05) is 0 Å². The van der Waals surface area contributed by atoms with E-state index < -0.39 is 0 Å². The van der Waals surface area contributed by atoms with E-state index in [-0.39, 0.29) is 5.95 Å². The van der Waals surface area contributed by atoms with E-state index >= 15 is 0 Å². The van der Waals surface area contributed by atoms with E-state index in [0.29, 0.717) is 112 Å². The highest BCUT2D eigenvalue weighted by Crippen LogP contribution is 2.48. The van der Waals surface area contributed by atoms with Crippen LogP contribution in [0.3, 0.4) is 0 Å². The zero-order valence-electron chi connectivity index (χ0n) is 39.1. The van der Waals surface area contributed by atoms with Crippen LogP contribution in [0.4, 0.5) is 11.4 Å². The van der Waals surface area contributed by atoms with Gasteiger partial charge in [0, 0.05) is 76.3 Å². The molecular formula is C63H25N9O4. The second-order valence-electron chi connectivity index (χ2n) is 18.8. The second kappa shape index (κ2) is 14.7. The van der Waals surface area contributed by atoms with Crippen molar-refractivity contribution in [3.05, 3.63) is 191 Å². The molecule has 16 aromatic rings. The Hall–Kier alpha value is -11.7. The molecule has 0 amide bonds. The summed E-state index contributed by atoms with van der Waals surface area (Å²) in [4.78, 5) is 18.6. The van der Waals surface area contributed by atoms with Crippen molar-refractivity contribution >= 4 is 143 Å². The first kappa shape index (κ1) is 41.0. The minimum Gasteiger partial charge on any atom is -0.454 e. The van der Waals surface area contributed by atoms with Crippen molar-refractivity contribution in [2.24, 2.45) is 0 Å². The molecule has 0 saturated heterocycles. The van der Waals surface area contributed by atoms with Crippen LogP contribution in [0.2, 0.25) is 0 Å². The first-order valence-corrected chi connectivity index (χ1v) is 23.9. The third kappa shape index (κ3) is 5.40. The minimum atomic E-state index is 0.237. The molecule has 16 rings (SSSR count). The summed E-state index contributed by atoms with van der Waals surface area (Å²) in [5, 5.41) is 39.5. The molecule has 0 unspecified atom stereocenters. The molecule has 346 valence electrons. The van der Waals surface area contributed by atoms with Gasteiger partial charge in [-0.3, -0.25) is 9.13 Å². The van der Waals surface area contributed by atoms with Gasteiger partial charge in [-0.05, 0) is 97.1 Å².